The summed E-state index contributed by atoms with van der Waals surface area (Å²) >= 11 is 0. The molecule has 3 aromatic rings. The fourth-order valence-electron chi connectivity index (χ4n) is 3.34. The van der Waals surface area contributed by atoms with E-state index < -0.39 is 6.04 Å². The lowest BCUT2D eigenvalue weighted by Gasteiger charge is -2.32. The van der Waals surface area contributed by atoms with Crippen molar-refractivity contribution < 1.29 is 14.0 Å². The molecule has 0 radical (unpaired) electrons. The Balaban J connectivity index is 1.88. The van der Waals surface area contributed by atoms with Crippen LogP contribution in [0.25, 0.3) is 0 Å². The van der Waals surface area contributed by atoms with Gasteiger partial charge in [-0.3, -0.25) is 9.59 Å². The number of rotatable bonds is 9. The van der Waals surface area contributed by atoms with Crippen LogP contribution in [0.3, 0.4) is 0 Å². The lowest BCUT2D eigenvalue weighted by molar-refractivity contribution is -0.143. The molecule has 0 fully saturated rings. The molecule has 0 saturated heterocycles. The molecule has 1 aromatic heterocycles. The molecule has 5 nitrogen and oxygen atoms in total. The van der Waals surface area contributed by atoms with Crippen molar-refractivity contribution in [2.45, 2.75) is 39.4 Å². The van der Waals surface area contributed by atoms with Crippen molar-refractivity contribution >= 4 is 11.8 Å². The number of furan rings is 1. The minimum atomic E-state index is -0.627. The molecule has 5 heteroatoms. The Kier molecular flexibility index (Phi) is 7.44. The van der Waals surface area contributed by atoms with Gasteiger partial charge in [0.05, 0.1) is 12.8 Å². The average Bonchev–Trinajstić information content (AvgIpc) is 3.29. The number of benzene rings is 2. The molecule has 1 N–H and O–H groups in total. The van der Waals surface area contributed by atoms with Crippen LogP contribution in [0.4, 0.5) is 0 Å². The normalized spacial score (nSPS) is 11.8. The topological polar surface area (TPSA) is 62.6 Å². The molecule has 2 amide bonds. The van der Waals surface area contributed by atoms with Crippen molar-refractivity contribution in [2.24, 2.45) is 5.92 Å². The average molecular weight is 405 g/mol. The van der Waals surface area contributed by atoms with Crippen LogP contribution in [0.1, 0.15) is 30.7 Å². The molecular formula is C25H28N2O3. The number of carbonyl (C=O) groups is 2. The predicted octanol–water partition coefficient (Wildman–Crippen LogP) is 4.19. The molecule has 1 atom stereocenters. The third kappa shape index (κ3) is 5.83. The van der Waals surface area contributed by atoms with Crippen molar-refractivity contribution in [3.63, 3.8) is 0 Å². The standard InChI is InChI=1S/C25H28N2O3/c1-19(2)25(29)27(18-21-12-7-4-8-13-21)23(16-20-10-5-3-6-11-20)24(28)26-17-22-14-9-15-30-22/h3-15,19,23H,16-18H2,1-2H3,(H,26,28)/t23-/m0/s1. The maximum absolute atomic E-state index is 13.3. The van der Waals surface area contributed by atoms with E-state index in [1.54, 1.807) is 17.2 Å². The second-order valence-corrected chi connectivity index (χ2v) is 7.61. The van der Waals surface area contributed by atoms with Gasteiger partial charge in [-0.1, -0.05) is 74.5 Å². The monoisotopic (exact) mass is 404 g/mol. The summed E-state index contributed by atoms with van der Waals surface area (Å²) in [5.41, 5.74) is 1.99. The van der Waals surface area contributed by atoms with Crippen molar-refractivity contribution in [1.29, 1.82) is 0 Å². The lowest BCUT2D eigenvalue weighted by Crippen LogP contribution is -2.51. The van der Waals surface area contributed by atoms with E-state index in [0.717, 1.165) is 11.1 Å². The first-order chi connectivity index (χ1) is 14.5. The maximum Gasteiger partial charge on any atom is 0.243 e. The smallest absolute Gasteiger partial charge is 0.243 e. The molecule has 0 aliphatic carbocycles. The van der Waals surface area contributed by atoms with Gasteiger partial charge in [0, 0.05) is 18.9 Å². The second kappa shape index (κ2) is 10.4. The first kappa shape index (κ1) is 21.4. The highest BCUT2D eigenvalue weighted by Gasteiger charge is 2.31. The summed E-state index contributed by atoms with van der Waals surface area (Å²) in [4.78, 5) is 28.1. The van der Waals surface area contributed by atoms with Crippen LogP contribution < -0.4 is 5.32 Å². The van der Waals surface area contributed by atoms with Crippen molar-refractivity contribution in [1.82, 2.24) is 10.2 Å². The van der Waals surface area contributed by atoms with Crippen LogP contribution in [0, 0.1) is 5.92 Å². The van der Waals surface area contributed by atoms with Gasteiger partial charge in [0.15, 0.2) is 0 Å². The van der Waals surface area contributed by atoms with Crippen LogP contribution in [-0.2, 0) is 29.1 Å². The van der Waals surface area contributed by atoms with E-state index in [9.17, 15) is 9.59 Å². The summed E-state index contributed by atoms with van der Waals surface area (Å²) in [6, 6.07) is 22.5. The molecule has 0 bridgehead atoms. The fraction of sp³-hybridized carbons (Fsp3) is 0.280. The third-order valence-electron chi connectivity index (χ3n) is 4.94. The van der Waals surface area contributed by atoms with E-state index in [-0.39, 0.29) is 24.3 Å². The van der Waals surface area contributed by atoms with E-state index >= 15 is 0 Å². The van der Waals surface area contributed by atoms with Gasteiger partial charge in [-0.2, -0.15) is 0 Å². The summed E-state index contributed by atoms with van der Waals surface area (Å²) in [5.74, 6) is 0.213. The number of carbonyl (C=O) groups excluding carboxylic acids is 2. The van der Waals surface area contributed by atoms with Crippen LogP contribution in [0.2, 0.25) is 0 Å². The summed E-state index contributed by atoms with van der Waals surface area (Å²) < 4.78 is 5.33. The van der Waals surface area contributed by atoms with E-state index in [4.69, 9.17) is 4.42 Å². The van der Waals surface area contributed by atoms with Gasteiger partial charge in [-0.15, -0.1) is 0 Å². The van der Waals surface area contributed by atoms with Crippen LogP contribution >= 0.6 is 0 Å². The largest absolute Gasteiger partial charge is 0.467 e. The molecule has 30 heavy (non-hydrogen) atoms. The maximum atomic E-state index is 13.3. The van der Waals surface area contributed by atoms with E-state index in [1.165, 1.54) is 0 Å². The van der Waals surface area contributed by atoms with E-state index in [1.807, 2.05) is 80.6 Å². The first-order valence-corrected chi connectivity index (χ1v) is 10.2. The molecule has 0 aliphatic heterocycles. The Hall–Kier alpha value is -3.34. The van der Waals surface area contributed by atoms with Crippen LogP contribution in [0.5, 0.6) is 0 Å². The fourth-order valence-corrected chi connectivity index (χ4v) is 3.34. The third-order valence-corrected chi connectivity index (χ3v) is 4.94. The number of nitrogens with zero attached hydrogens (tertiary/aromatic N) is 1. The lowest BCUT2D eigenvalue weighted by atomic mass is 10.0. The highest BCUT2D eigenvalue weighted by Crippen LogP contribution is 2.17. The number of hydrogen-bond acceptors (Lipinski definition) is 3. The van der Waals surface area contributed by atoms with Gasteiger partial charge >= 0.3 is 0 Å². The quantitative estimate of drug-likeness (QED) is 0.582. The Morgan fingerprint density at radius 3 is 2.10 bits per heavy atom. The molecule has 0 unspecified atom stereocenters. The Bertz CT molecular complexity index is 922. The zero-order valence-corrected chi connectivity index (χ0v) is 17.5. The predicted molar refractivity (Wildman–Crippen MR) is 116 cm³/mol. The highest BCUT2D eigenvalue weighted by molar-refractivity contribution is 5.88. The van der Waals surface area contributed by atoms with Crippen molar-refractivity contribution in [3.8, 4) is 0 Å². The Morgan fingerprint density at radius 1 is 0.900 bits per heavy atom. The van der Waals surface area contributed by atoms with Crippen LogP contribution in [-0.4, -0.2) is 22.8 Å². The summed E-state index contributed by atoms with van der Waals surface area (Å²) in [6.07, 6.45) is 2.02. The van der Waals surface area contributed by atoms with Gasteiger partial charge in [-0.25, -0.2) is 0 Å². The van der Waals surface area contributed by atoms with E-state index in [2.05, 4.69) is 5.32 Å². The molecular weight excluding hydrogens is 376 g/mol. The van der Waals surface area contributed by atoms with Gasteiger partial charge in [0.25, 0.3) is 0 Å². The zero-order valence-electron chi connectivity index (χ0n) is 17.5. The number of hydrogen-bond donors (Lipinski definition) is 1. The molecule has 1 heterocycles. The molecule has 156 valence electrons. The van der Waals surface area contributed by atoms with Gasteiger partial charge in [0.2, 0.25) is 11.8 Å². The van der Waals surface area contributed by atoms with E-state index in [0.29, 0.717) is 18.7 Å². The van der Waals surface area contributed by atoms with Crippen LogP contribution in [0.15, 0.2) is 83.5 Å². The Morgan fingerprint density at radius 2 is 1.53 bits per heavy atom. The number of nitrogens with one attached hydrogen (secondary N) is 1. The van der Waals surface area contributed by atoms with Gasteiger partial charge < -0.3 is 14.6 Å². The Labute approximate surface area is 177 Å². The molecule has 2 aromatic carbocycles. The number of amides is 2. The zero-order chi connectivity index (χ0) is 21.3. The molecule has 3 rings (SSSR count). The van der Waals surface area contributed by atoms with Gasteiger partial charge in [-0.05, 0) is 23.3 Å². The highest BCUT2D eigenvalue weighted by atomic mass is 16.3. The second-order valence-electron chi connectivity index (χ2n) is 7.61. The first-order valence-electron chi connectivity index (χ1n) is 10.2. The minimum Gasteiger partial charge on any atom is -0.467 e. The summed E-state index contributed by atoms with van der Waals surface area (Å²) in [5, 5.41) is 2.94. The molecule has 0 aliphatic rings. The molecule has 0 saturated carbocycles. The SMILES string of the molecule is CC(C)C(=O)N(Cc1ccccc1)[C@@H](Cc1ccccc1)C(=O)NCc1ccco1. The summed E-state index contributed by atoms with van der Waals surface area (Å²) in [6.45, 7) is 4.39. The summed E-state index contributed by atoms with van der Waals surface area (Å²) in [7, 11) is 0. The molecule has 0 spiro atoms. The van der Waals surface area contributed by atoms with Crippen molar-refractivity contribution in [2.75, 3.05) is 0 Å². The minimum absolute atomic E-state index is 0.0482. The van der Waals surface area contributed by atoms with Gasteiger partial charge in [0.1, 0.15) is 11.8 Å². The van der Waals surface area contributed by atoms with Crippen molar-refractivity contribution in [3.05, 3.63) is 95.9 Å².